The van der Waals surface area contributed by atoms with E-state index in [1.807, 2.05) is 55.5 Å². The summed E-state index contributed by atoms with van der Waals surface area (Å²) in [6.45, 7) is 3.36. The van der Waals surface area contributed by atoms with Crippen LogP contribution in [0.3, 0.4) is 0 Å². The Balaban J connectivity index is 0.00000264. The van der Waals surface area contributed by atoms with Gasteiger partial charge >= 0.3 is 0 Å². The van der Waals surface area contributed by atoms with Gasteiger partial charge in [-0.05, 0) is 29.7 Å². The maximum atomic E-state index is 9.17. The summed E-state index contributed by atoms with van der Waals surface area (Å²) in [4.78, 5) is 0. The Labute approximate surface area is 149 Å². The van der Waals surface area contributed by atoms with Crippen LogP contribution in [0.4, 0.5) is 0 Å². The summed E-state index contributed by atoms with van der Waals surface area (Å²) in [5, 5.41) is 13.1. The highest BCUT2D eigenvalue weighted by Gasteiger charge is 2.06. The van der Waals surface area contributed by atoms with Gasteiger partial charge in [0.1, 0.15) is 12.4 Å². The van der Waals surface area contributed by atoms with E-state index >= 15 is 0 Å². The number of halogens is 2. The standard InChI is InChI=1S/C18H22ClNO2.ClH/c1-2-16(12-21)20-11-15-8-9-18(17(19)10-15)22-13-14-6-4-3-5-7-14;/h3-10,16,20-21H,2,11-13H2,1H3;1H/p-1. The van der Waals surface area contributed by atoms with Crippen molar-refractivity contribution in [1.29, 1.82) is 0 Å². The normalized spacial score (nSPS) is 11.6. The van der Waals surface area contributed by atoms with E-state index in [1.54, 1.807) is 0 Å². The fraction of sp³-hybridized carbons (Fsp3) is 0.333. The van der Waals surface area contributed by atoms with Gasteiger partial charge in [-0.25, -0.2) is 0 Å². The Kier molecular flexibility index (Phi) is 9.03. The summed E-state index contributed by atoms with van der Waals surface area (Å²) in [5.74, 6) is 0.684. The average molecular weight is 355 g/mol. The monoisotopic (exact) mass is 354 g/mol. The van der Waals surface area contributed by atoms with Crippen molar-refractivity contribution in [1.82, 2.24) is 5.32 Å². The maximum Gasteiger partial charge on any atom is 0.138 e. The first-order chi connectivity index (χ1) is 10.7. The van der Waals surface area contributed by atoms with Gasteiger partial charge in [-0.15, -0.1) is 0 Å². The zero-order valence-electron chi connectivity index (χ0n) is 13.1. The van der Waals surface area contributed by atoms with Gasteiger partial charge in [0.15, 0.2) is 0 Å². The lowest BCUT2D eigenvalue weighted by molar-refractivity contribution is -0.00000579. The fourth-order valence-corrected chi connectivity index (χ4v) is 2.36. The Hall–Kier alpha value is -1.26. The van der Waals surface area contributed by atoms with Gasteiger partial charge in [-0.2, -0.15) is 0 Å². The quantitative estimate of drug-likeness (QED) is 0.736. The number of nitrogens with one attached hydrogen (secondary N) is 1. The molecule has 0 fully saturated rings. The second-order valence-electron chi connectivity index (χ2n) is 5.21. The van der Waals surface area contributed by atoms with Gasteiger partial charge < -0.3 is 27.6 Å². The number of benzene rings is 2. The summed E-state index contributed by atoms with van der Waals surface area (Å²) in [7, 11) is 0. The minimum Gasteiger partial charge on any atom is -1.00 e. The molecule has 0 aromatic heterocycles. The van der Waals surface area contributed by atoms with E-state index < -0.39 is 0 Å². The molecule has 23 heavy (non-hydrogen) atoms. The molecule has 0 aliphatic heterocycles. The van der Waals surface area contributed by atoms with E-state index in [9.17, 15) is 5.11 Å². The molecular formula is C18H22Cl2NO2-. The third kappa shape index (κ3) is 6.40. The van der Waals surface area contributed by atoms with Crippen LogP contribution in [0.5, 0.6) is 5.75 Å². The molecule has 3 nitrogen and oxygen atoms in total. The predicted octanol–water partition coefficient (Wildman–Crippen LogP) is 0.783. The third-order valence-corrected chi connectivity index (χ3v) is 3.84. The molecule has 2 N–H and O–H groups in total. The molecule has 0 saturated heterocycles. The molecule has 0 spiro atoms. The highest BCUT2D eigenvalue weighted by atomic mass is 35.5. The number of aliphatic hydroxyl groups excluding tert-OH is 1. The molecule has 1 unspecified atom stereocenters. The van der Waals surface area contributed by atoms with Crippen LogP contribution < -0.4 is 22.5 Å². The molecule has 1 atom stereocenters. The van der Waals surface area contributed by atoms with Crippen molar-refractivity contribution in [3.8, 4) is 5.75 Å². The second-order valence-corrected chi connectivity index (χ2v) is 5.61. The first-order valence-electron chi connectivity index (χ1n) is 7.52. The van der Waals surface area contributed by atoms with Gasteiger partial charge in [-0.1, -0.05) is 54.9 Å². The largest absolute Gasteiger partial charge is 1.00 e. The van der Waals surface area contributed by atoms with Crippen LogP contribution in [0.15, 0.2) is 48.5 Å². The summed E-state index contributed by atoms with van der Waals surface area (Å²) >= 11 is 6.28. The summed E-state index contributed by atoms with van der Waals surface area (Å²) in [6, 6.07) is 15.9. The lowest BCUT2D eigenvalue weighted by Crippen LogP contribution is -3.00. The number of hydrogen-bond acceptors (Lipinski definition) is 3. The van der Waals surface area contributed by atoms with Gasteiger partial charge in [0.05, 0.1) is 11.6 Å². The van der Waals surface area contributed by atoms with Crippen LogP contribution in [0, 0.1) is 0 Å². The van der Waals surface area contributed by atoms with Crippen LogP contribution in [-0.2, 0) is 13.2 Å². The second kappa shape index (κ2) is 10.5. The average Bonchev–Trinajstić information content (AvgIpc) is 2.56. The molecule has 0 heterocycles. The number of rotatable bonds is 8. The maximum absolute atomic E-state index is 9.17. The van der Waals surface area contributed by atoms with E-state index in [1.165, 1.54) is 0 Å². The Morgan fingerprint density at radius 1 is 1.13 bits per heavy atom. The summed E-state index contributed by atoms with van der Waals surface area (Å²) < 4.78 is 5.75. The van der Waals surface area contributed by atoms with Gasteiger partial charge in [0, 0.05) is 12.6 Å². The van der Waals surface area contributed by atoms with Crippen LogP contribution in [-0.4, -0.2) is 17.8 Å². The molecule has 126 valence electrons. The SMILES string of the molecule is CCC(CO)NCc1ccc(OCc2ccccc2)c(Cl)c1.[Cl-]. The first kappa shape index (κ1) is 19.8. The minimum atomic E-state index is 0. The van der Waals surface area contributed by atoms with Crippen LogP contribution in [0.2, 0.25) is 5.02 Å². The van der Waals surface area contributed by atoms with E-state index in [0.29, 0.717) is 23.9 Å². The zero-order chi connectivity index (χ0) is 15.8. The first-order valence-corrected chi connectivity index (χ1v) is 7.90. The predicted molar refractivity (Wildman–Crippen MR) is 90.2 cm³/mol. The van der Waals surface area contributed by atoms with E-state index in [0.717, 1.165) is 17.5 Å². The zero-order valence-corrected chi connectivity index (χ0v) is 14.6. The molecular weight excluding hydrogens is 333 g/mol. The summed E-state index contributed by atoms with van der Waals surface area (Å²) in [5.41, 5.74) is 2.18. The van der Waals surface area contributed by atoms with Crippen molar-refractivity contribution in [2.45, 2.75) is 32.5 Å². The van der Waals surface area contributed by atoms with Crippen molar-refractivity contribution in [3.63, 3.8) is 0 Å². The van der Waals surface area contributed by atoms with E-state index in [2.05, 4.69) is 5.32 Å². The Morgan fingerprint density at radius 3 is 2.48 bits per heavy atom. The topological polar surface area (TPSA) is 41.5 Å². The highest BCUT2D eigenvalue weighted by Crippen LogP contribution is 2.26. The van der Waals surface area contributed by atoms with Crippen LogP contribution >= 0.6 is 11.6 Å². The van der Waals surface area contributed by atoms with E-state index in [-0.39, 0.29) is 25.1 Å². The molecule has 0 bridgehead atoms. The molecule has 0 radical (unpaired) electrons. The van der Waals surface area contributed by atoms with Gasteiger partial charge in [0.2, 0.25) is 0 Å². The third-order valence-electron chi connectivity index (χ3n) is 3.54. The molecule has 5 heteroatoms. The molecule has 0 aliphatic rings. The summed E-state index contributed by atoms with van der Waals surface area (Å²) in [6.07, 6.45) is 0.891. The molecule has 0 aliphatic carbocycles. The molecule has 0 saturated carbocycles. The Morgan fingerprint density at radius 2 is 1.87 bits per heavy atom. The van der Waals surface area contributed by atoms with Gasteiger partial charge in [-0.3, -0.25) is 0 Å². The van der Waals surface area contributed by atoms with Crippen LogP contribution in [0.1, 0.15) is 24.5 Å². The molecule has 2 aromatic carbocycles. The van der Waals surface area contributed by atoms with Crippen molar-refractivity contribution < 1.29 is 22.3 Å². The minimum absolute atomic E-state index is 0. The Bertz CT molecular complexity index is 574. The number of aliphatic hydroxyl groups is 1. The number of hydrogen-bond donors (Lipinski definition) is 2. The van der Waals surface area contributed by atoms with Crippen molar-refractivity contribution in [3.05, 3.63) is 64.7 Å². The van der Waals surface area contributed by atoms with Crippen molar-refractivity contribution in [2.24, 2.45) is 0 Å². The molecule has 2 rings (SSSR count). The van der Waals surface area contributed by atoms with Gasteiger partial charge in [0.25, 0.3) is 0 Å². The van der Waals surface area contributed by atoms with Crippen molar-refractivity contribution in [2.75, 3.05) is 6.61 Å². The van der Waals surface area contributed by atoms with E-state index in [4.69, 9.17) is 16.3 Å². The molecule has 0 amide bonds. The van der Waals surface area contributed by atoms with Crippen molar-refractivity contribution >= 4 is 11.6 Å². The molecule has 2 aromatic rings. The van der Waals surface area contributed by atoms with Crippen LogP contribution in [0.25, 0.3) is 0 Å². The lowest BCUT2D eigenvalue weighted by Gasteiger charge is -2.15. The highest BCUT2D eigenvalue weighted by molar-refractivity contribution is 6.32. The smallest absolute Gasteiger partial charge is 0.138 e. The number of ether oxygens (including phenoxy) is 1. The lowest BCUT2D eigenvalue weighted by atomic mass is 10.2. The fourth-order valence-electron chi connectivity index (χ4n) is 2.11.